The Bertz CT molecular complexity index is 648. The maximum absolute atomic E-state index is 10.8. The largest absolute Gasteiger partial charge is 0.381 e. The minimum atomic E-state index is -1.41. The zero-order chi connectivity index (χ0) is 17.1. The Hall–Kier alpha value is -2.84. The van der Waals surface area contributed by atoms with Crippen LogP contribution in [0.15, 0.2) is 70.6 Å². The van der Waals surface area contributed by atoms with Gasteiger partial charge in [-0.2, -0.15) is 9.98 Å². The third kappa shape index (κ3) is 4.34. The molecule has 0 spiro atoms. The summed E-state index contributed by atoms with van der Waals surface area (Å²) in [5, 5.41) is 0. The third-order valence-corrected chi connectivity index (χ3v) is 3.59. The Labute approximate surface area is 140 Å². The second kappa shape index (κ2) is 9.33. The van der Waals surface area contributed by atoms with Crippen molar-refractivity contribution in [3.8, 4) is 0 Å². The lowest BCUT2D eigenvalue weighted by atomic mass is 9.92. The number of hydrogen-bond donors (Lipinski definition) is 0. The molecular formula is C19H18N2O3. The van der Waals surface area contributed by atoms with Gasteiger partial charge in [0.25, 0.3) is 0 Å². The molecule has 1 aliphatic rings. The maximum atomic E-state index is 10.8. The molecule has 0 atom stereocenters. The highest BCUT2D eigenvalue weighted by Crippen LogP contribution is 2.34. The van der Waals surface area contributed by atoms with Crippen LogP contribution >= 0.6 is 0 Å². The first kappa shape index (κ1) is 17.5. The second-order valence-electron chi connectivity index (χ2n) is 5.13. The first-order valence-corrected chi connectivity index (χ1v) is 7.70. The molecule has 5 heteroatoms. The van der Waals surface area contributed by atoms with Crippen molar-refractivity contribution in [2.45, 2.75) is 18.5 Å². The van der Waals surface area contributed by atoms with Crippen molar-refractivity contribution in [1.82, 2.24) is 0 Å². The van der Waals surface area contributed by atoms with Crippen LogP contribution in [-0.2, 0) is 20.0 Å². The summed E-state index contributed by atoms with van der Waals surface area (Å²) in [5.41, 5.74) is -0.202. The van der Waals surface area contributed by atoms with Gasteiger partial charge in [-0.25, -0.2) is 9.59 Å². The van der Waals surface area contributed by atoms with Crippen molar-refractivity contribution in [3.05, 3.63) is 71.8 Å². The summed E-state index contributed by atoms with van der Waals surface area (Å²) in [6.45, 7) is 2.00. The molecule has 0 amide bonds. The van der Waals surface area contributed by atoms with Gasteiger partial charge in [0.1, 0.15) is 0 Å². The highest BCUT2D eigenvalue weighted by atomic mass is 16.5. The van der Waals surface area contributed by atoms with Gasteiger partial charge < -0.3 is 4.74 Å². The van der Waals surface area contributed by atoms with E-state index < -0.39 is 5.66 Å². The molecule has 122 valence electrons. The van der Waals surface area contributed by atoms with Gasteiger partial charge >= 0.3 is 0 Å². The van der Waals surface area contributed by atoms with Crippen molar-refractivity contribution in [2.24, 2.45) is 9.98 Å². The lowest BCUT2D eigenvalue weighted by Gasteiger charge is -2.22. The Morgan fingerprint density at radius 1 is 0.750 bits per heavy atom. The van der Waals surface area contributed by atoms with E-state index in [1.165, 1.54) is 25.0 Å². The molecule has 0 unspecified atom stereocenters. The molecule has 1 heterocycles. The van der Waals surface area contributed by atoms with Gasteiger partial charge in [0.2, 0.25) is 17.8 Å². The van der Waals surface area contributed by atoms with Gasteiger partial charge in [-0.05, 0) is 12.8 Å². The summed E-state index contributed by atoms with van der Waals surface area (Å²) in [5.74, 6) is 0. The van der Waals surface area contributed by atoms with Crippen LogP contribution in [0, 0.1) is 0 Å². The Balaban J connectivity index is 0.000000355. The number of isocyanates is 2. The summed E-state index contributed by atoms with van der Waals surface area (Å²) in [7, 11) is 0. The molecule has 0 aromatic heterocycles. The first-order chi connectivity index (χ1) is 11.8. The number of rotatable bonds is 4. The maximum Gasteiger partial charge on any atom is 0.238 e. The van der Waals surface area contributed by atoms with Crippen LogP contribution in [0.4, 0.5) is 0 Å². The Morgan fingerprint density at radius 2 is 1.17 bits per heavy atom. The summed E-state index contributed by atoms with van der Waals surface area (Å²) >= 11 is 0. The summed E-state index contributed by atoms with van der Waals surface area (Å²) in [6.07, 6.45) is 5.54. The number of aliphatic imine (C=N–C) groups is 2. The topological polar surface area (TPSA) is 68.1 Å². The number of ether oxygens (including phenoxy) is 1. The Kier molecular flexibility index (Phi) is 6.81. The van der Waals surface area contributed by atoms with Crippen LogP contribution in [-0.4, -0.2) is 25.4 Å². The smallest absolute Gasteiger partial charge is 0.238 e. The van der Waals surface area contributed by atoms with Crippen molar-refractivity contribution < 1.29 is 14.3 Å². The summed E-state index contributed by atoms with van der Waals surface area (Å²) in [6, 6.07) is 17.8. The van der Waals surface area contributed by atoms with E-state index in [9.17, 15) is 9.59 Å². The quantitative estimate of drug-likeness (QED) is 0.640. The molecule has 3 rings (SSSR count). The molecule has 0 bridgehead atoms. The van der Waals surface area contributed by atoms with E-state index in [1.807, 2.05) is 12.1 Å². The molecule has 1 saturated heterocycles. The van der Waals surface area contributed by atoms with E-state index in [0.717, 1.165) is 13.2 Å². The molecule has 1 aliphatic heterocycles. The number of carbonyl (C=O) groups excluding carboxylic acids is 2. The normalized spacial score (nSPS) is 13.0. The minimum Gasteiger partial charge on any atom is -0.381 e. The molecule has 2 aromatic carbocycles. The fourth-order valence-corrected chi connectivity index (χ4v) is 2.43. The fourth-order valence-electron chi connectivity index (χ4n) is 2.43. The first-order valence-electron chi connectivity index (χ1n) is 7.70. The van der Waals surface area contributed by atoms with E-state index in [-0.39, 0.29) is 0 Å². The highest BCUT2D eigenvalue weighted by molar-refractivity contribution is 5.49. The number of hydrogen-bond acceptors (Lipinski definition) is 5. The third-order valence-electron chi connectivity index (χ3n) is 3.59. The van der Waals surface area contributed by atoms with E-state index in [2.05, 4.69) is 9.98 Å². The molecule has 2 aromatic rings. The van der Waals surface area contributed by atoms with Crippen LogP contribution in [0.2, 0.25) is 0 Å². The van der Waals surface area contributed by atoms with Crippen LogP contribution in [0.25, 0.3) is 0 Å². The van der Waals surface area contributed by atoms with Crippen LogP contribution in [0.3, 0.4) is 0 Å². The molecule has 5 nitrogen and oxygen atoms in total. The standard InChI is InChI=1S/C15H10N2O2.C4H8O/c18-11-16-15(17-12-19,13-7-3-1-4-8-13)14-9-5-2-6-10-14;1-2-4-5-3-1/h1-10H;1-4H2. The molecule has 0 N–H and O–H groups in total. The van der Waals surface area contributed by atoms with Gasteiger partial charge in [0.15, 0.2) is 0 Å². The molecule has 0 saturated carbocycles. The number of nitrogens with zero attached hydrogens (tertiary/aromatic N) is 2. The van der Waals surface area contributed by atoms with E-state index >= 15 is 0 Å². The van der Waals surface area contributed by atoms with Crippen LogP contribution in [0.5, 0.6) is 0 Å². The SMILES string of the molecule is C1CCOC1.O=C=NC(N=C=O)(c1ccccc1)c1ccccc1. The minimum absolute atomic E-state index is 0.605. The average molecular weight is 322 g/mol. The Morgan fingerprint density at radius 3 is 1.46 bits per heavy atom. The van der Waals surface area contributed by atoms with Gasteiger partial charge in [-0.3, -0.25) is 0 Å². The summed E-state index contributed by atoms with van der Waals surface area (Å²) in [4.78, 5) is 29.0. The molecule has 24 heavy (non-hydrogen) atoms. The highest BCUT2D eigenvalue weighted by Gasteiger charge is 2.33. The zero-order valence-corrected chi connectivity index (χ0v) is 13.2. The van der Waals surface area contributed by atoms with Crippen LogP contribution < -0.4 is 0 Å². The fraction of sp³-hybridized carbons (Fsp3) is 0.263. The number of benzene rings is 2. The molecule has 0 radical (unpaired) electrons. The van der Waals surface area contributed by atoms with E-state index in [1.54, 1.807) is 48.5 Å². The lowest BCUT2D eigenvalue weighted by molar-refractivity contribution is 0.198. The van der Waals surface area contributed by atoms with Crippen LogP contribution in [0.1, 0.15) is 24.0 Å². The van der Waals surface area contributed by atoms with Crippen molar-refractivity contribution in [1.29, 1.82) is 0 Å². The predicted molar refractivity (Wildman–Crippen MR) is 90.0 cm³/mol. The summed E-state index contributed by atoms with van der Waals surface area (Å²) < 4.78 is 4.94. The second-order valence-corrected chi connectivity index (χ2v) is 5.13. The van der Waals surface area contributed by atoms with Gasteiger partial charge in [0.05, 0.1) is 0 Å². The molecule has 0 aliphatic carbocycles. The molecule has 1 fully saturated rings. The lowest BCUT2D eigenvalue weighted by Crippen LogP contribution is -2.22. The van der Waals surface area contributed by atoms with Crippen molar-refractivity contribution >= 4 is 12.2 Å². The average Bonchev–Trinajstić information content (AvgIpc) is 3.23. The zero-order valence-electron chi connectivity index (χ0n) is 13.2. The van der Waals surface area contributed by atoms with E-state index in [4.69, 9.17) is 4.74 Å². The van der Waals surface area contributed by atoms with Crippen molar-refractivity contribution in [2.75, 3.05) is 13.2 Å². The predicted octanol–water partition coefficient (Wildman–Crippen LogP) is 3.36. The monoisotopic (exact) mass is 322 g/mol. The van der Waals surface area contributed by atoms with Crippen molar-refractivity contribution in [3.63, 3.8) is 0 Å². The molecular weight excluding hydrogens is 304 g/mol. The van der Waals surface area contributed by atoms with E-state index in [0.29, 0.717) is 11.1 Å². The van der Waals surface area contributed by atoms with Gasteiger partial charge in [-0.15, -0.1) is 0 Å². The van der Waals surface area contributed by atoms with Gasteiger partial charge in [0, 0.05) is 24.3 Å². The van der Waals surface area contributed by atoms with Gasteiger partial charge in [-0.1, -0.05) is 60.7 Å².